The number of alkyl halides is 1. The number of unbranched alkanes of at least 4 members (excludes halogenated alkanes) is 2. The third-order valence-corrected chi connectivity index (χ3v) is 13.2. The smallest absolute Gasteiger partial charge is 0.266 e. The Morgan fingerprint density at radius 3 is 2.57 bits per heavy atom. The maximum Gasteiger partial charge on any atom is 0.266 e. The van der Waals surface area contributed by atoms with Crippen LogP contribution in [0.1, 0.15) is 98.8 Å². The molecule has 7 rings (SSSR count). The van der Waals surface area contributed by atoms with Crippen LogP contribution in [0.3, 0.4) is 0 Å². The number of carbonyl (C=O) groups is 7. The van der Waals surface area contributed by atoms with Crippen molar-refractivity contribution in [1.82, 2.24) is 15.5 Å². The fourth-order valence-corrected chi connectivity index (χ4v) is 10.3. The zero-order chi connectivity index (χ0) is 38.7. The molecule has 1 aromatic carbocycles. The monoisotopic (exact) mass is 747 g/mol. The summed E-state index contributed by atoms with van der Waals surface area (Å²) in [7, 11) is 0. The fraction of sp³-hybridized carbons (Fsp3) is 0.575. The van der Waals surface area contributed by atoms with Crippen molar-refractivity contribution in [2.24, 2.45) is 29.1 Å². The number of rotatable bonds is 11. The van der Waals surface area contributed by atoms with Gasteiger partial charge in [0.25, 0.3) is 17.7 Å². The first kappa shape index (κ1) is 37.7. The molecule has 6 aliphatic rings. The van der Waals surface area contributed by atoms with Gasteiger partial charge >= 0.3 is 0 Å². The van der Waals surface area contributed by atoms with Crippen molar-refractivity contribution in [2.75, 3.05) is 13.2 Å². The van der Waals surface area contributed by atoms with Gasteiger partial charge in [-0.25, -0.2) is 4.39 Å². The van der Waals surface area contributed by atoms with Crippen LogP contribution in [0.15, 0.2) is 42.0 Å². The first-order valence-corrected chi connectivity index (χ1v) is 18.9. The van der Waals surface area contributed by atoms with Crippen LogP contribution in [0.2, 0.25) is 0 Å². The maximum atomic E-state index is 17.3. The number of fused-ring (bicyclic) bond motifs is 6. The second-order valence-electron chi connectivity index (χ2n) is 16.0. The van der Waals surface area contributed by atoms with Crippen LogP contribution in [0.4, 0.5) is 4.39 Å². The third-order valence-electron chi connectivity index (χ3n) is 13.2. The van der Waals surface area contributed by atoms with Crippen molar-refractivity contribution in [2.45, 2.75) is 101 Å². The number of imide groups is 2. The summed E-state index contributed by atoms with van der Waals surface area (Å²) in [4.78, 5) is 89.4. The molecule has 0 radical (unpaired) electrons. The Bertz CT molecular complexity index is 1890. The Balaban J connectivity index is 0.880. The molecule has 2 aliphatic heterocycles. The summed E-state index contributed by atoms with van der Waals surface area (Å²) in [5.41, 5.74) is -4.27. The summed E-state index contributed by atoms with van der Waals surface area (Å²) in [6.45, 7) is 3.42. The van der Waals surface area contributed by atoms with E-state index in [-0.39, 0.29) is 73.2 Å². The number of aliphatic hydroxyl groups excluding tert-OH is 1. The SMILES string of the molecule is C[C@@H]1C[C@@H]2C(C[C@H](O)[C@@]3(F)[C@H]2CCC2=CC(=O)C=C[C@@]23C)[C@@]1(O)C(=O)NCCCCCC(=O)COc1cccc2c1C(=O)N(C1CCC(=O)NC1=O)C2=O. The average Bonchev–Trinajstić information content (AvgIpc) is 3.54. The molecule has 0 spiro atoms. The lowest BCUT2D eigenvalue weighted by atomic mass is 9.48. The van der Waals surface area contributed by atoms with Crippen molar-refractivity contribution in [3.63, 3.8) is 0 Å². The molecule has 1 saturated heterocycles. The van der Waals surface area contributed by atoms with E-state index in [1.807, 2.05) is 0 Å². The van der Waals surface area contributed by atoms with E-state index in [1.54, 1.807) is 19.9 Å². The Hall–Kier alpha value is -4.56. The summed E-state index contributed by atoms with van der Waals surface area (Å²) in [6, 6.07) is 3.30. The molecular weight excluding hydrogens is 701 g/mol. The second kappa shape index (κ2) is 13.9. The predicted octanol–water partition coefficient (Wildman–Crippen LogP) is 2.67. The molecule has 4 fully saturated rings. The first-order valence-electron chi connectivity index (χ1n) is 18.9. The summed E-state index contributed by atoms with van der Waals surface area (Å²) < 4.78 is 22.9. The second-order valence-corrected chi connectivity index (χ2v) is 16.0. The fourth-order valence-electron chi connectivity index (χ4n) is 10.3. The minimum Gasteiger partial charge on any atom is -0.485 e. The Kier molecular flexibility index (Phi) is 9.74. The normalized spacial score (nSPS) is 35.5. The molecule has 1 aromatic rings. The lowest BCUT2D eigenvalue weighted by Gasteiger charge is -2.59. The van der Waals surface area contributed by atoms with Gasteiger partial charge in [0, 0.05) is 36.6 Å². The number of nitrogens with one attached hydrogen (secondary N) is 2. The topological polar surface area (TPSA) is 196 Å². The van der Waals surface area contributed by atoms with Crippen LogP contribution in [-0.2, 0) is 24.0 Å². The molecule has 3 saturated carbocycles. The molecule has 0 aromatic heterocycles. The number of halogens is 1. The molecular formula is C40H46FN3O10. The highest BCUT2D eigenvalue weighted by atomic mass is 19.1. The molecule has 14 heteroatoms. The molecule has 9 atom stereocenters. The number of allylic oxidation sites excluding steroid dienone is 4. The summed E-state index contributed by atoms with van der Waals surface area (Å²) >= 11 is 0. The van der Waals surface area contributed by atoms with Gasteiger partial charge in [0.1, 0.15) is 24.0 Å². The van der Waals surface area contributed by atoms with Gasteiger partial charge in [0.15, 0.2) is 17.2 Å². The molecule has 4 N–H and O–H groups in total. The van der Waals surface area contributed by atoms with E-state index in [9.17, 15) is 43.8 Å². The Labute approximate surface area is 311 Å². The van der Waals surface area contributed by atoms with E-state index < -0.39 is 76.1 Å². The quantitative estimate of drug-likeness (QED) is 0.193. The van der Waals surface area contributed by atoms with Gasteiger partial charge in [-0.3, -0.25) is 43.8 Å². The van der Waals surface area contributed by atoms with Crippen molar-refractivity contribution >= 4 is 41.1 Å². The zero-order valence-corrected chi connectivity index (χ0v) is 30.4. The van der Waals surface area contributed by atoms with Crippen molar-refractivity contribution in [3.8, 4) is 5.75 Å². The average molecular weight is 748 g/mol. The van der Waals surface area contributed by atoms with E-state index in [0.29, 0.717) is 44.1 Å². The zero-order valence-electron chi connectivity index (χ0n) is 30.4. The van der Waals surface area contributed by atoms with Crippen LogP contribution in [0, 0.1) is 29.1 Å². The van der Waals surface area contributed by atoms with E-state index >= 15 is 4.39 Å². The number of piperidine rings is 1. The van der Waals surface area contributed by atoms with Crippen molar-refractivity contribution in [3.05, 3.63) is 53.1 Å². The summed E-state index contributed by atoms with van der Waals surface area (Å²) in [6.07, 6.45) is 6.03. The largest absolute Gasteiger partial charge is 0.485 e. The van der Waals surface area contributed by atoms with Gasteiger partial charge < -0.3 is 20.3 Å². The number of aliphatic hydroxyl groups is 2. The van der Waals surface area contributed by atoms with Gasteiger partial charge in [-0.05, 0) is 88.0 Å². The molecule has 54 heavy (non-hydrogen) atoms. The van der Waals surface area contributed by atoms with E-state index in [2.05, 4.69) is 10.6 Å². The predicted molar refractivity (Wildman–Crippen MR) is 188 cm³/mol. The standard InChI is InChI=1S/C40H46FN3O10/c1-21-17-26-27-11-10-22-18-23(45)14-15-38(22,2)40(27,41)31(47)19-28(26)39(21,53)37(52)42-16-5-3-4-7-24(46)20-54-30-9-6-8-25-33(30)36(51)44(35(25)50)29-12-13-32(48)43-34(29)49/h6,8-9,14-15,18,21,26-29,31,47,53H,3-5,7,10-13,16-17,19-20H2,1-2H3,(H,42,52)(H,43,48,49)/t21-,26+,27+,28?,29?,31+,38+,39-,40+/m1/s1. The molecule has 5 amide bonds. The van der Waals surface area contributed by atoms with Gasteiger partial charge in [-0.15, -0.1) is 0 Å². The minimum atomic E-state index is -2.03. The molecule has 2 heterocycles. The van der Waals surface area contributed by atoms with E-state index in [0.717, 1.165) is 4.90 Å². The first-order chi connectivity index (χ1) is 25.6. The molecule has 0 bridgehead atoms. The molecule has 13 nitrogen and oxygen atoms in total. The van der Waals surface area contributed by atoms with Crippen LogP contribution in [0.5, 0.6) is 5.75 Å². The number of ether oxygens (including phenoxy) is 1. The highest BCUT2D eigenvalue weighted by Gasteiger charge is 2.71. The third kappa shape index (κ3) is 5.83. The van der Waals surface area contributed by atoms with Gasteiger partial charge in [-0.1, -0.05) is 31.1 Å². The lowest BCUT2D eigenvalue weighted by Crippen LogP contribution is -2.66. The highest BCUT2D eigenvalue weighted by molar-refractivity contribution is 6.24. The molecule has 4 aliphatic carbocycles. The van der Waals surface area contributed by atoms with Crippen LogP contribution in [-0.4, -0.2) is 92.8 Å². The van der Waals surface area contributed by atoms with Crippen LogP contribution in [0.25, 0.3) is 0 Å². The number of amides is 5. The van der Waals surface area contributed by atoms with Gasteiger partial charge in [-0.2, -0.15) is 0 Å². The molecule has 288 valence electrons. The van der Waals surface area contributed by atoms with Crippen LogP contribution >= 0.6 is 0 Å². The lowest BCUT2D eigenvalue weighted by molar-refractivity contribution is -0.191. The number of hydrogen-bond acceptors (Lipinski definition) is 10. The van der Waals surface area contributed by atoms with E-state index in [1.165, 1.54) is 30.4 Å². The number of ketones is 2. The summed E-state index contributed by atoms with van der Waals surface area (Å²) in [5.74, 6) is -5.54. The van der Waals surface area contributed by atoms with Crippen LogP contribution < -0.4 is 15.4 Å². The Morgan fingerprint density at radius 2 is 1.81 bits per heavy atom. The summed E-state index contributed by atoms with van der Waals surface area (Å²) in [5, 5.41) is 28.3. The van der Waals surface area contributed by atoms with Gasteiger partial charge in [0.2, 0.25) is 11.8 Å². The van der Waals surface area contributed by atoms with Crippen molar-refractivity contribution < 1.29 is 52.9 Å². The number of Topliss-reactive ketones (excluding diaryl/α,β-unsaturated/α-hetero) is 1. The highest BCUT2D eigenvalue weighted by Crippen LogP contribution is 2.66. The Morgan fingerprint density at radius 1 is 1.04 bits per heavy atom. The molecule has 2 unspecified atom stereocenters. The van der Waals surface area contributed by atoms with E-state index in [4.69, 9.17) is 4.74 Å². The minimum absolute atomic E-state index is 0.00711. The maximum absolute atomic E-state index is 17.3. The number of carbonyl (C=O) groups excluding carboxylic acids is 7. The van der Waals surface area contributed by atoms with Crippen molar-refractivity contribution in [1.29, 1.82) is 0 Å². The number of hydrogen-bond donors (Lipinski definition) is 4. The number of benzene rings is 1. The number of nitrogens with zero attached hydrogens (tertiary/aromatic N) is 1. The van der Waals surface area contributed by atoms with Gasteiger partial charge in [0.05, 0.1) is 17.2 Å².